The molecule has 0 fully saturated rings. The van der Waals surface area contributed by atoms with Gasteiger partial charge in [0.1, 0.15) is 0 Å². The number of nitrogens with zero attached hydrogens (tertiary/aromatic N) is 1. The van der Waals surface area contributed by atoms with Gasteiger partial charge in [-0.05, 0) is 6.92 Å². The third kappa shape index (κ3) is 2.63. The molecule has 2 N–H and O–H groups in total. The monoisotopic (exact) mass is 240 g/mol. The molecule has 92 valence electrons. The highest BCUT2D eigenvalue weighted by Crippen LogP contribution is 2.32. The van der Waals surface area contributed by atoms with E-state index in [9.17, 15) is 14.9 Å². The minimum absolute atomic E-state index is 0.0302. The van der Waals surface area contributed by atoms with E-state index in [-0.39, 0.29) is 29.3 Å². The van der Waals surface area contributed by atoms with Gasteiger partial charge in [-0.1, -0.05) is 0 Å². The first kappa shape index (κ1) is 12.8. The van der Waals surface area contributed by atoms with Crippen molar-refractivity contribution in [2.75, 3.05) is 19.5 Å². The molecule has 0 aliphatic carbocycles. The van der Waals surface area contributed by atoms with E-state index >= 15 is 0 Å². The standard InChI is InChI=1S/C10H12N2O5/c1-3-17-9-5-7(11)6(10(13)16-2)4-8(9)12(14)15/h4-5H,3,11H2,1-2H3. The summed E-state index contributed by atoms with van der Waals surface area (Å²) < 4.78 is 9.54. The first-order chi connectivity index (χ1) is 8.01. The smallest absolute Gasteiger partial charge is 0.340 e. The molecule has 0 aromatic heterocycles. The normalized spacial score (nSPS) is 9.76. The molecule has 0 spiro atoms. The number of esters is 1. The molecule has 1 aromatic carbocycles. The summed E-state index contributed by atoms with van der Waals surface area (Å²) in [6.07, 6.45) is 0. The van der Waals surface area contributed by atoms with Crippen LogP contribution in [0.25, 0.3) is 0 Å². The molecule has 0 unspecified atom stereocenters. The number of nitro groups is 1. The zero-order chi connectivity index (χ0) is 13.0. The van der Waals surface area contributed by atoms with E-state index in [0.717, 1.165) is 6.07 Å². The molecule has 7 nitrogen and oxygen atoms in total. The van der Waals surface area contributed by atoms with Gasteiger partial charge in [-0.25, -0.2) is 4.79 Å². The van der Waals surface area contributed by atoms with E-state index in [4.69, 9.17) is 10.5 Å². The zero-order valence-corrected chi connectivity index (χ0v) is 9.43. The van der Waals surface area contributed by atoms with Gasteiger partial charge in [0.15, 0.2) is 5.75 Å². The van der Waals surface area contributed by atoms with Gasteiger partial charge in [0.2, 0.25) is 0 Å². The van der Waals surface area contributed by atoms with Crippen molar-refractivity contribution in [3.8, 4) is 5.75 Å². The van der Waals surface area contributed by atoms with Gasteiger partial charge in [-0.3, -0.25) is 10.1 Å². The van der Waals surface area contributed by atoms with Crippen LogP contribution in [0.5, 0.6) is 5.75 Å². The van der Waals surface area contributed by atoms with Crippen LogP contribution in [0.2, 0.25) is 0 Å². The Balaban J connectivity index is 3.34. The Morgan fingerprint density at radius 1 is 1.53 bits per heavy atom. The van der Waals surface area contributed by atoms with Crippen molar-refractivity contribution in [2.24, 2.45) is 0 Å². The van der Waals surface area contributed by atoms with Gasteiger partial charge in [0.05, 0.1) is 29.9 Å². The van der Waals surface area contributed by atoms with Gasteiger partial charge in [0, 0.05) is 12.1 Å². The van der Waals surface area contributed by atoms with Gasteiger partial charge >= 0.3 is 11.7 Å². The topological polar surface area (TPSA) is 105 Å². The molecule has 0 bridgehead atoms. The lowest BCUT2D eigenvalue weighted by Crippen LogP contribution is -2.08. The molecule has 0 radical (unpaired) electrons. The number of anilines is 1. The van der Waals surface area contributed by atoms with E-state index in [1.807, 2.05) is 0 Å². The van der Waals surface area contributed by atoms with Crippen LogP contribution >= 0.6 is 0 Å². The average molecular weight is 240 g/mol. The van der Waals surface area contributed by atoms with E-state index in [2.05, 4.69) is 4.74 Å². The summed E-state index contributed by atoms with van der Waals surface area (Å²) in [4.78, 5) is 21.5. The number of nitrogens with two attached hydrogens (primary N) is 1. The fourth-order valence-electron chi connectivity index (χ4n) is 1.28. The van der Waals surface area contributed by atoms with Gasteiger partial charge in [-0.15, -0.1) is 0 Å². The van der Waals surface area contributed by atoms with Crippen molar-refractivity contribution < 1.29 is 19.2 Å². The Labute approximate surface area is 97.3 Å². The van der Waals surface area contributed by atoms with Crippen molar-refractivity contribution in [1.29, 1.82) is 0 Å². The van der Waals surface area contributed by atoms with Crippen LogP contribution in [0, 0.1) is 10.1 Å². The summed E-state index contributed by atoms with van der Waals surface area (Å²) in [6, 6.07) is 2.29. The highest BCUT2D eigenvalue weighted by molar-refractivity contribution is 5.96. The molecule has 0 saturated heterocycles. The lowest BCUT2D eigenvalue weighted by atomic mass is 10.1. The van der Waals surface area contributed by atoms with Gasteiger partial charge < -0.3 is 15.2 Å². The van der Waals surface area contributed by atoms with Crippen LogP contribution in [-0.2, 0) is 4.74 Å². The number of carbonyl (C=O) groups is 1. The summed E-state index contributed by atoms with van der Waals surface area (Å²) in [5, 5.41) is 10.8. The summed E-state index contributed by atoms with van der Waals surface area (Å²) in [7, 11) is 1.17. The number of rotatable bonds is 4. The summed E-state index contributed by atoms with van der Waals surface area (Å²) in [5.74, 6) is -0.698. The fourth-order valence-corrected chi connectivity index (χ4v) is 1.28. The van der Waals surface area contributed by atoms with Crippen LogP contribution in [0.3, 0.4) is 0 Å². The van der Waals surface area contributed by atoms with Crippen molar-refractivity contribution in [1.82, 2.24) is 0 Å². The summed E-state index contributed by atoms with van der Waals surface area (Å²) in [5.41, 5.74) is 5.30. The third-order valence-electron chi connectivity index (χ3n) is 2.03. The van der Waals surface area contributed by atoms with Crippen molar-refractivity contribution in [2.45, 2.75) is 6.92 Å². The first-order valence-corrected chi connectivity index (χ1v) is 4.80. The maximum Gasteiger partial charge on any atom is 0.340 e. The minimum Gasteiger partial charge on any atom is -0.487 e. The van der Waals surface area contributed by atoms with Crippen LogP contribution in [0.1, 0.15) is 17.3 Å². The second kappa shape index (κ2) is 5.15. The number of carbonyl (C=O) groups excluding carboxylic acids is 1. The van der Waals surface area contributed by atoms with Crippen molar-refractivity contribution in [3.63, 3.8) is 0 Å². The second-order valence-electron chi connectivity index (χ2n) is 3.09. The van der Waals surface area contributed by atoms with E-state index in [1.54, 1.807) is 6.92 Å². The largest absolute Gasteiger partial charge is 0.487 e. The number of nitrogen functional groups attached to an aromatic ring is 1. The summed E-state index contributed by atoms with van der Waals surface area (Å²) in [6.45, 7) is 1.95. The minimum atomic E-state index is -0.728. The Kier molecular flexibility index (Phi) is 3.86. The quantitative estimate of drug-likeness (QED) is 0.368. The SMILES string of the molecule is CCOc1cc(N)c(C(=O)OC)cc1[N+](=O)[O-]. The van der Waals surface area contributed by atoms with Crippen LogP contribution in [0.4, 0.5) is 11.4 Å². The number of ether oxygens (including phenoxy) is 2. The molecule has 0 heterocycles. The second-order valence-corrected chi connectivity index (χ2v) is 3.09. The highest BCUT2D eigenvalue weighted by atomic mass is 16.6. The van der Waals surface area contributed by atoms with E-state index < -0.39 is 10.9 Å². The van der Waals surface area contributed by atoms with Crippen LogP contribution in [0.15, 0.2) is 12.1 Å². The highest BCUT2D eigenvalue weighted by Gasteiger charge is 2.22. The van der Waals surface area contributed by atoms with Crippen molar-refractivity contribution >= 4 is 17.3 Å². The fraction of sp³-hybridized carbons (Fsp3) is 0.300. The molecular formula is C10H12N2O5. The molecular weight excluding hydrogens is 228 g/mol. The third-order valence-corrected chi connectivity index (χ3v) is 2.03. The molecule has 0 aliphatic rings. The number of hydrogen-bond donors (Lipinski definition) is 1. The Morgan fingerprint density at radius 3 is 2.65 bits per heavy atom. The lowest BCUT2D eigenvalue weighted by Gasteiger charge is -2.08. The maximum atomic E-state index is 11.3. The number of hydrogen-bond acceptors (Lipinski definition) is 6. The Hall–Kier alpha value is -2.31. The van der Waals surface area contributed by atoms with E-state index in [1.165, 1.54) is 13.2 Å². The Morgan fingerprint density at radius 2 is 2.18 bits per heavy atom. The van der Waals surface area contributed by atoms with Crippen LogP contribution < -0.4 is 10.5 Å². The molecule has 0 saturated carbocycles. The van der Waals surface area contributed by atoms with E-state index in [0.29, 0.717) is 0 Å². The number of methoxy groups -OCH3 is 1. The number of nitro benzene ring substituents is 1. The lowest BCUT2D eigenvalue weighted by molar-refractivity contribution is -0.385. The summed E-state index contributed by atoms with van der Waals surface area (Å²) >= 11 is 0. The molecule has 0 atom stereocenters. The Bertz CT molecular complexity index is 458. The molecule has 7 heteroatoms. The molecule has 1 aromatic rings. The average Bonchev–Trinajstić information content (AvgIpc) is 2.28. The predicted molar refractivity (Wildman–Crippen MR) is 60.0 cm³/mol. The maximum absolute atomic E-state index is 11.3. The molecule has 17 heavy (non-hydrogen) atoms. The van der Waals surface area contributed by atoms with Crippen LogP contribution in [-0.4, -0.2) is 24.6 Å². The zero-order valence-electron chi connectivity index (χ0n) is 9.43. The predicted octanol–water partition coefficient (Wildman–Crippen LogP) is 1.36. The first-order valence-electron chi connectivity index (χ1n) is 4.80. The van der Waals surface area contributed by atoms with Gasteiger partial charge in [0.25, 0.3) is 0 Å². The van der Waals surface area contributed by atoms with Crippen molar-refractivity contribution in [3.05, 3.63) is 27.8 Å². The number of benzene rings is 1. The molecule has 0 amide bonds. The molecule has 0 aliphatic heterocycles. The van der Waals surface area contributed by atoms with Gasteiger partial charge in [-0.2, -0.15) is 0 Å². The molecule has 1 rings (SSSR count).